The van der Waals surface area contributed by atoms with Gasteiger partial charge in [-0.3, -0.25) is 9.78 Å². The van der Waals surface area contributed by atoms with Crippen LogP contribution in [0, 0.1) is 0 Å². The molecule has 1 aliphatic heterocycles. The van der Waals surface area contributed by atoms with Crippen LogP contribution in [0.2, 0.25) is 0 Å². The number of nitrogens with one attached hydrogen (secondary N) is 2. The van der Waals surface area contributed by atoms with Crippen molar-refractivity contribution in [3.63, 3.8) is 0 Å². The zero-order chi connectivity index (χ0) is 25.1. The maximum absolute atomic E-state index is 11.9. The lowest BCUT2D eigenvalue weighted by molar-refractivity contribution is -0.119. The van der Waals surface area contributed by atoms with Gasteiger partial charge in [-0.25, -0.2) is 0 Å². The lowest BCUT2D eigenvalue weighted by atomic mass is 10.0. The molecule has 2 aromatic heterocycles. The third-order valence-electron chi connectivity index (χ3n) is 5.97. The summed E-state index contributed by atoms with van der Waals surface area (Å²) < 4.78 is 8.08. The molecule has 2 atom stereocenters. The Bertz CT molecular complexity index is 1380. The van der Waals surface area contributed by atoms with Crippen LogP contribution in [0.1, 0.15) is 23.5 Å². The van der Waals surface area contributed by atoms with Crippen molar-refractivity contribution in [2.75, 3.05) is 23.9 Å². The molecule has 0 spiro atoms. The summed E-state index contributed by atoms with van der Waals surface area (Å²) in [6.07, 6.45) is 3.85. The predicted molar refractivity (Wildman–Crippen MR) is 148 cm³/mol. The molecule has 7 nitrogen and oxygen atoms in total. The topological polar surface area (TPSA) is 71.4 Å². The molecule has 1 fully saturated rings. The fraction of sp³-hybridized carbons (Fsp3) is 0.148. The summed E-state index contributed by atoms with van der Waals surface area (Å²) in [5, 5.41) is 6.93. The van der Waals surface area contributed by atoms with Crippen molar-refractivity contribution in [3.8, 4) is 5.69 Å². The maximum Gasteiger partial charge on any atom is 0.250 e. The molecule has 4 aromatic rings. The molecule has 9 heteroatoms. The van der Waals surface area contributed by atoms with E-state index in [1.54, 1.807) is 6.20 Å². The molecule has 0 aliphatic carbocycles. The first-order valence-corrected chi connectivity index (χ1v) is 12.6. The number of aromatic nitrogens is 2. The van der Waals surface area contributed by atoms with Gasteiger partial charge in [0.15, 0.2) is 5.11 Å². The van der Waals surface area contributed by atoms with Gasteiger partial charge in [0.2, 0.25) is 5.91 Å². The normalized spacial score (nSPS) is 17.2. The zero-order valence-corrected chi connectivity index (χ0v) is 21.9. The van der Waals surface area contributed by atoms with Crippen LogP contribution < -0.4 is 15.5 Å². The Hall–Kier alpha value is -3.53. The Kier molecular flexibility index (Phi) is 7.13. The largest absolute Gasteiger partial charge is 0.375 e. The highest BCUT2D eigenvalue weighted by molar-refractivity contribution is 9.10. The van der Waals surface area contributed by atoms with E-state index < -0.39 is 0 Å². The van der Waals surface area contributed by atoms with E-state index in [-0.39, 0.29) is 24.6 Å². The smallest absolute Gasteiger partial charge is 0.250 e. The number of carbonyl (C=O) groups excluding carboxylic acids is 1. The summed E-state index contributed by atoms with van der Waals surface area (Å²) in [4.78, 5) is 18.7. The molecule has 0 bridgehead atoms. The Labute approximate surface area is 223 Å². The van der Waals surface area contributed by atoms with E-state index in [2.05, 4.69) is 65.4 Å². The molecular weight excluding hydrogens is 538 g/mol. The highest BCUT2D eigenvalue weighted by atomic mass is 79.9. The number of carbonyl (C=O) groups is 1. The number of ether oxygens (including phenoxy) is 1. The Morgan fingerprint density at radius 2 is 1.92 bits per heavy atom. The standard InChI is InChI=1S/C27H24BrN5O2S/c1-35-17-24(34)30-19-10-12-20(13-11-19)33-26(25(31-27(33)36)22-8-2-3-14-29-22)23-9-5-15-32(23)21-7-4-6-18(28)16-21/h2-16,25-26H,17H2,1H3,(H,30,34)(H,31,36)/t25-,26-/m1/s1. The van der Waals surface area contributed by atoms with Crippen LogP contribution in [0.15, 0.2) is 95.7 Å². The molecule has 182 valence electrons. The number of hydrogen-bond acceptors (Lipinski definition) is 4. The van der Waals surface area contributed by atoms with Gasteiger partial charge in [-0.2, -0.15) is 0 Å². The van der Waals surface area contributed by atoms with Crippen LogP contribution in [0.3, 0.4) is 0 Å². The van der Waals surface area contributed by atoms with Crippen molar-refractivity contribution >= 4 is 50.5 Å². The summed E-state index contributed by atoms with van der Waals surface area (Å²) in [7, 11) is 1.49. The number of nitrogens with zero attached hydrogens (tertiary/aromatic N) is 3. The highest BCUT2D eigenvalue weighted by Gasteiger charge is 2.42. The van der Waals surface area contributed by atoms with Crippen molar-refractivity contribution in [3.05, 3.63) is 107 Å². The van der Waals surface area contributed by atoms with Crippen molar-refractivity contribution in [2.24, 2.45) is 0 Å². The molecular formula is C27H24BrN5O2S. The highest BCUT2D eigenvalue weighted by Crippen LogP contribution is 2.42. The minimum Gasteiger partial charge on any atom is -0.375 e. The predicted octanol–water partition coefficient (Wildman–Crippen LogP) is 5.40. The van der Waals surface area contributed by atoms with Gasteiger partial charge >= 0.3 is 0 Å². The van der Waals surface area contributed by atoms with E-state index >= 15 is 0 Å². The molecule has 0 radical (unpaired) electrons. The van der Waals surface area contributed by atoms with E-state index in [4.69, 9.17) is 17.0 Å². The molecule has 1 amide bonds. The summed E-state index contributed by atoms with van der Waals surface area (Å²) in [6.45, 7) is 0.00228. The Morgan fingerprint density at radius 1 is 1.08 bits per heavy atom. The van der Waals surface area contributed by atoms with Crippen LogP contribution in [-0.4, -0.2) is 34.3 Å². The van der Waals surface area contributed by atoms with Crippen molar-refractivity contribution in [1.29, 1.82) is 0 Å². The van der Waals surface area contributed by atoms with E-state index in [0.717, 1.165) is 27.2 Å². The molecule has 2 N–H and O–H groups in total. The Balaban J connectivity index is 1.56. The SMILES string of the molecule is COCC(=O)Nc1ccc(N2C(=S)N[C@H](c3ccccn3)[C@H]2c2cccn2-c2cccc(Br)c2)cc1. The number of methoxy groups -OCH3 is 1. The number of rotatable bonds is 7. The first-order valence-electron chi connectivity index (χ1n) is 11.4. The number of halogens is 1. The molecule has 1 saturated heterocycles. The number of anilines is 2. The number of hydrogen-bond donors (Lipinski definition) is 2. The van der Waals surface area contributed by atoms with Crippen LogP contribution in [0.4, 0.5) is 11.4 Å². The molecule has 3 heterocycles. The molecule has 0 saturated carbocycles. The summed E-state index contributed by atoms with van der Waals surface area (Å²) >= 11 is 9.44. The molecule has 2 aromatic carbocycles. The zero-order valence-electron chi connectivity index (χ0n) is 19.5. The van der Waals surface area contributed by atoms with Gasteiger partial charge in [0.1, 0.15) is 12.6 Å². The van der Waals surface area contributed by atoms with Gasteiger partial charge in [0.25, 0.3) is 0 Å². The lowest BCUT2D eigenvalue weighted by Gasteiger charge is -2.29. The average molecular weight is 562 g/mol. The van der Waals surface area contributed by atoms with Gasteiger partial charge in [-0.05, 0) is 78.9 Å². The number of amides is 1. The van der Waals surface area contributed by atoms with E-state index in [9.17, 15) is 4.79 Å². The first kappa shape index (κ1) is 24.2. The van der Waals surface area contributed by atoms with Crippen LogP contribution in [0.5, 0.6) is 0 Å². The van der Waals surface area contributed by atoms with Crippen molar-refractivity contribution in [2.45, 2.75) is 12.1 Å². The monoisotopic (exact) mass is 561 g/mol. The van der Waals surface area contributed by atoms with Crippen LogP contribution in [0.25, 0.3) is 5.69 Å². The lowest BCUT2D eigenvalue weighted by Crippen LogP contribution is -2.30. The van der Waals surface area contributed by atoms with Crippen molar-refractivity contribution < 1.29 is 9.53 Å². The van der Waals surface area contributed by atoms with Gasteiger partial charge in [-0.1, -0.05) is 28.1 Å². The van der Waals surface area contributed by atoms with Crippen LogP contribution >= 0.6 is 28.1 Å². The average Bonchev–Trinajstić information content (AvgIpc) is 3.49. The fourth-order valence-corrected chi connectivity index (χ4v) is 5.20. The number of benzene rings is 2. The Morgan fingerprint density at radius 3 is 2.64 bits per heavy atom. The summed E-state index contributed by atoms with van der Waals surface area (Å²) in [5.74, 6) is -0.205. The summed E-state index contributed by atoms with van der Waals surface area (Å²) in [6, 6.07) is 25.6. The minimum absolute atomic E-state index is 0.00228. The molecule has 36 heavy (non-hydrogen) atoms. The number of pyridine rings is 1. The fourth-order valence-electron chi connectivity index (χ4n) is 4.46. The van der Waals surface area contributed by atoms with Gasteiger partial charge < -0.3 is 24.8 Å². The van der Waals surface area contributed by atoms with Gasteiger partial charge in [0.05, 0.1) is 11.7 Å². The number of thiocarbonyl (C=S) groups is 1. The molecule has 5 rings (SSSR count). The maximum atomic E-state index is 11.9. The van der Waals surface area contributed by atoms with Gasteiger partial charge in [-0.15, -0.1) is 0 Å². The molecule has 1 aliphatic rings. The van der Waals surface area contributed by atoms with E-state index in [1.165, 1.54) is 7.11 Å². The first-order chi connectivity index (χ1) is 17.5. The summed E-state index contributed by atoms with van der Waals surface area (Å²) in [5.41, 5.74) is 4.60. The second kappa shape index (κ2) is 10.6. The van der Waals surface area contributed by atoms with E-state index in [1.807, 2.05) is 60.7 Å². The third-order valence-corrected chi connectivity index (χ3v) is 6.78. The minimum atomic E-state index is -0.205. The van der Waals surface area contributed by atoms with Gasteiger partial charge in [0, 0.05) is 46.7 Å². The van der Waals surface area contributed by atoms with E-state index in [0.29, 0.717) is 10.8 Å². The van der Waals surface area contributed by atoms with Crippen LogP contribution in [-0.2, 0) is 9.53 Å². The quantitative estimate of drug-likeness (QED) is 0.294. The second-order valence-electron chi connectivity index (χ2n) is 8.31. The molecule has 0 unspecified atom stereocenters. The second-order valence-corrected chi connectivity index (χ2v) is 9.61. The third kappa shape index (κ3) is 4.90. The van der Waals surface area contributed by atoms with Crippen molar-refractivity contribution in [1.82, 2.24) is 14.9 Å².